The van der Waals surface area contributed by atoms with E-state index in [1.165, 1.54) is 0 Å². The van der Waals surface area contributed by atoms with Gasteiger partial charge in [0.1, 0.15) is 6.61 Å². The van der Waals surface area contributed by atoms with Crippen LogP contribution in [0, 0.1) is 6.92 Å². The topological polar surface area (TPSA) is 80.3 Å². The fourth-order valence-corrected chi connectivity index (χ4v) is 2.69. The molecule has 0 unspecified atom stereocenters. The van der Waals surface area contributed by atoms with Gasteiger partial charge in [0.05, 0.1) is 0 Å². The highest BCUT2D eigenvalue weighted by Gasteiger charge is 2.07. The molecule has 3 aromatic rings. The van der Waals surface area contributed by atoms with Crippen molar-refractivity contribution in [3.8, 4) is 0 Å². The SMILES string of the molecule is Cc1cc(C(=O)NCc2ccc(NC(=O)OCc3ccc(Cl)cc3)cc2)ccn1. The standard InChI is InChI=1S/C22H20ClN3O3/c1-15-12-18(10-11-24-15)21(27)25-13-16-4-8-20(9-5-16)26-22(28)29-14-17-2-6-19(23)7-3-17/h2-12H,13-14H2,1H3,(H,25,27)(H,26,28). The van der Waals surface area contributed by atoms with Crippen LogP contribution in [-0.4, -0.2) is 17.0 Å². The number of carbonyl (C=O) groups is 2. The van der Waals surface area contributed by atoms with Gasteiger partial charge in [0.15, 0.2) is 0 Å². The predicted molar refractivity (Wildman–Crippen MR) is 112 cm³/mol. The van der Waals surface area contributed by atoms with E-state index in [1.54, 1.807) is 54.7 Å². The minimum atomic E-state index is -0.547. The Hall–Kier alpha value is -3.38. The van der Waals surface area contributed by atoms with Crippen LogP contribution in [0.5, 0.6) is 0 Å². The number of benzene rings is 2. The van der Waals surface area contributed by atoms with Crippen molar-refractivity contribution in [1.82, 2.24) is 10.3 Å². The minimum Gasteiger partial charge on any atom is -0.444 e. The lowest BCUT2D eigenvalue weighted by molar-refractivity contribution is 0.0950. The summed E-state index contributed by atoms with van der Waals surface area (Å²) in [5.41, 5.74) is 3.71. The highest BCUT2D eigenvalue weighted by molar-refractivity contribution is 6.30. The van der Waals surface area contributed by atoms with Gasteiger partial charge in [0.2, 0.25) is 0 Å². The van der Waals surface area contributed by atoms with Crippen molar-refractivity contribution < 1.29 is 14.3 Å². The molecule has 2 amide bonds. The van der Waals surface area contributed by atoms with Crippen LogP contribution in [-0.2, 0) is 17.9 Å². The van der Waals surface area contributed by atoms with E-state index in [1.807, 2.05) is 19.1 Å². The fourth-order valence-electron chi connectivity index (χ4n) is 2.56. The summed E-state index contributed by atoms with van der Waals surface area (Å²) in [5.74, 6) is -0.163. The molecule has 29 heavy (non-hydrogen) atoms. The third-order valence-electron chi connectivity index (χ3n) is 4.10. The molecule has 0 aliphatic carbocycles. The number of ether oxygens (including phenoxy) is 1. The molecule has 0 spiro atoms. The third-order valence-corrected chi connectivity index (χ3v) is 4.35. The summed E-state index contributed by atoms with van der Waals surface area (Å²) >= 11 is 5.83. The van der Waals surface area contributed by atoms with E-state index in [4.69, 9.17) is 16.3 Å². The number of nitrogens with zero attached hydrogens (tertiary/aromatic N) is 1. The first kappa shape index (κ1) is 20.4. The lowest BCUT2D eigenvalue weighted by Crippen LogP contribution is -2.22. The quantitative estimate of drug-likeness (QED) is 0.617. The van der Waals surface area contributed by atoms with Crippen molar-refractivity contribution in [1.29, 1.82) is 0 Å². The molecule has 1 aromatic heterocycles. The Bertz CT molecular complexity index is 989. The van der Waals surface area contributed by atoms with Gasteiger partial charge in [-0.1, -0.05) is 35.9 Å². The van der Waals surface area contributed by atoms with Gasteiger partial charge in [-0.2, -0.15) is 0 Å². The summed E-state index contributed by atoms with van der Waals surface area (Å²) in [6.07, 6.45) is 1.06. The molecule has 0 saturated carbocycles. The van der Waals surface area contributed by atoms with Crippen molar-refractivity contribution in [3.05, 3.63) is 94.3 Å². The molecule has 3 rings (SSSR count). The lowest BCUT2D eigenvalue weighted by atomic mass is 10.2. The maximum absolute atomic E-state index is 12.2. The molecule has 148 valence electrons. The molecule has 0 saturated heterocycles. The van der Waals surface area contributed by atoms with Crippen LogP contribution in [0.2, 0.25) is 5.02 Å². The smallest absolute Gasteiger partial charge is 0.411 e. The average Bonchev–Trinajstić information content (AvgIpc) is 2.72. The number of hydrogen-bond acceptors (Lipinski definition) is 4. The number of aryl methyl sites for hydroxylation is 1. The first-order valence-electron chi connectivity index (χ1n) is 8.97. The van der Waals surface area contributed by atoms with Gasteiger partial charge in [-0.15, -0.1) is 0 Å². The van der Waals surface area contributed by atoms with Crippen molar-refractivity contribution in [2.75, 3.05) is 5.32 Å². The number of aromatic nitrogens is 1. The zero-order chi connectivity index (χ0) is 20.6. The minimum absolute atomic E-state index is 0.154. The molecule has 0 aliphatic rings. The van der Waals surface area contributed by atoms with Gasteiger partial charge in [0.25, 0.3) is 5.91 Å². The normalized spacial score (nSPS) is 10.3. The third kappa shape index (κ3) is 6.33. The summed E-state index contributed by atoms with van der Waals surface area (Å²) in [5, 5.41) is 6.15. The summed E-state index contributed by atoms with van der Waals surface area (Å²) in [6, 6.07) is 17.6. The Morgan fingerprint density at radius 2 is 1.69 bits per heavy atom. The van der Waals surface area contributed by atoms with Gasteiger partial charge < -0.3 is 10.1 Å². The van der Waals surface area contributed by atoms with Crippen LogP contribution in [0.15, 0.2) is 66.9 Å². The van der Waals surface area contributed by atoms with Crippen molar-refractivity contribution >= 4 is 29.3 Å². The molecule has 0 radical (unpaired) electrons. The lowest BCUT2D eigenvalue weighted by Gasteiger charge is -2.09. The number of carbonyl (C=O) groups excluding carboxylic acids is 2. The van der Waals surface area contributed by atoms with Crippen LogP contribution >= 0.6 is 11.6 Å². The van der Waals surface area contributed by atoms with E-state index in [0.717, 1.165) is 16.8 Å². The predicted octanol–water partition coefficient (Wildman–Crippen LogP) is 4.72. The number of hydrogen-bond donors (Lipinski definition) is 2. The number of rotatable bonds is 6. The van der Waals surface area contributed by atoms with Gasteiger partial charge in [-0.05, 0) is 54.4 Å². The molecular weight excluding hydrogens is 390 g/mol. The number of pyridine rings is 1. The van der Waals surface area contributed by atoms with Crippen molar-refractivity contribution in [2.24, 2.45) is 0 Å². The Kier molecular flexibility index (Phi) is 6.81. The zero-order valence-corrected chi connectivity index (χ0v) is 16.6. The molecule has 2 N–H and O–H groups in total. The molecule has 0 bridgehead atoms. The number of anilines is 1. The number of nitrogens with one attached hydrogen (secondary N) is 2. The molecule has 1 heterocycles. The molecular formula is C22H20ClN3O3. The molecule has 6 nitrogen and oxygen atoms in total. The summed E-state index contributed by atoms with van der Waals surface area (Å²) in [4.78, 5) is 28.2. The van der Waals surface area contributed by atoms with E-state index >= 15 is 0 Å². The van der Waals surface area contributed by atoms with Crippen molar-refractivity contribution in [2.45, 2.75) is 20.1 Å². The van der Waals surface area contributed by atoms with E-state index in [0.29, 0.717) is 22.8 Å². The van der Waals surface area contributed by atoms with Crippen molar-refractivity contribution in [3.63, 3.8) is 0 Å². The highest BCUT2D eigenvalue weighted by Crippen LogP contribution is 2.13. The van der Waals surface area contributed by atoms with Crippen LogP contribution < -0.4 is 10.6 Å². The van der Waals surface area contributed by atoms with Gasteiger partial charge in [-0.3, -0.25) is 15.1 Å². The second-order valence-corrected chi connectivity index (χ2v) is 6.83. The van der Waals surface area contributed by atoms with Crippen LogP contribution in [0.4, 0.5) is 10.5 Å². The summed E-state index contributed by atoms with van der Waals surface area (Å²) in [6.45, 7) is 2.37. The van der Waals surface area contributed by atoms with E-state index < -0.39 is 6.09 Å². The maximum Gasteiger partial charge on any atom is 0.411 e. The fraction of sp³-hybridized carbons (Fsp3) is 0.136. The van der Waals surface area contributed by atoms with Crippen LogP contribution in [0.25, 0.3) is 0 Å². The Balaban J connectivity index is 1.46. The Morgan fingerprint density at radius 3 is 2.38 bits per heavy atom. The summed E-state index contributed by atoms with van der Waals surface area (Å²) in [7, 11) is 0. The van der Waals surface area contributed by atoms with E-state index in [9.17, 15) is 9.59 Å². The van der Waals surface area contributed by atoms with Crippen LogP contribution in [0.1, 0.15) is 27.2 Å². The monoisotopic (exact) mass is 409 g/mol. The van der Waals surface area contributed by atoms with Crippen LogP contribution in [0.3, 0.4) is 0 Å². The summed E-state index contributed by atoms with van der Waals surface area (Å²) < 4.78 is 5.18. The first-order chi connectivity index (χ1) is 14.0. The Labute approximate surface area is 173 Å². The first-order valence-corrected chi connectivity index (χ1v) is 9.35. The molecule has 2 aromatic carbocycles. The second kappa shape index (κ2) is 9.71. The number of halogens is 1. The largest absolute Gasteiger partial charge is 0.444 e. The molecule has 7 heteroatoms. The van der Waals surface area contributed by atoms with E-state index in [-0.39, 0.29) is 12.5 Å². The maximum atomic E-state index is 12.2. The number of amides is 2. The average molecular weight is 410 g/mol. The second-order valence-electron chi connectivity index (χ2n) is 6.39. The Morgan fingerprint density at radius 1 is 1.00 bits per heavy atom. The zero-order valence-electron chi connectivity index (χ0n) is 15.8. The molecule has 0 fully saturated rings. The van der Waals surface area contributed by atoms with Gasteiger partial charge in [0, 0.05) is 34.7 Å². The molecule has 0 atom stereocenters. The van der Waals surface area contributed by atoms with E-state index in [2.05, 4.69) is 15.6 Å². The highest BCUT2D eigenvalue weighted by atomic mass is 35.5. The molecule has 0 aliphatic heterocycles. The van der Waals surface area contributed by atoms with Gasteiger partial charge in [-0.25, -0.2) is 4.79 Å². The van der Waals surface area contributed by atoms with Gasteiger partial charge >= 0.3 is 6.09 Å².